The lowest BCUT2D eigenvalue weighted by Crippen LogP contribution is -2.57. The Morgan fingerprint density at radius 2 is 1.92 bits per heavy atom. The quantitative estimate of drug-likeness (QED) is 0.353. The lowest BCUT2D eigenvalue weighted by molar-refractivity contribution is -0.160. The Morgan fingerprint density at radius 1 is 1.26 bits per heavy atom. The SMILES string of the molecule is C=CC(C)(C)c1[nH]c2ccccc2c1CC(NC(=O)OC(C)(C)C)C(=O)N1CCC(C)(O)C1C(=O)OCC. The number of likely N-dealkylation sites (tertiary alicyclic amines) is 1. The summed E-state index contributed by atoms with van der Waals surface area (Å²) in [6, 6.07) is 5.48. The summed E-state index contributed by atoms with van der Waals surface area (Å²) in [5, 5.41) is 14.6. The van der Waals surface area contributed by atoms with E-state index in [4.69, 9.17) is 9.47 Å². The number of amides is 2. The van der Waals surface area contributed by atoms with E-state index in [-0.39, 0.29) is 26.0 Å². The molecule has 3 atom stereocenters. The number of esters is 1. The normalized spacial score (nSPS) is 20.7. The molecule has 9 heteroatoms. The van der Waals surface area contributed by atoms with Gasteiger partial charge in [-0.25, -0.2) is 9.59 Å². The Bertz CT molecular complexity index is 1210. The fourth-order valence-corrected chi connectivity index (χ4v) is 4.91. The van der Waals surface area contributed by atoms with Crippen LogP contribution in [0.2, 0.25) is 0 Å². The number of rotatable bonds is 8. The van der Waals surface area contributed by atoms with Gasteiger partial charge in [-0.05, 0) is 52.7 Å². The molecule has 1 fully saturated rings. The molecule has 1 aromatic heterocycles. The van der Waals surface area contributed by atoms with Gasteiger partial charge >= 0.3 is 12.1 Å². The van der Waals surface area contributed by atoms with Gasteiger partial charge in [0, 0.05) is 35.0 Å². The van der Waals surface area contributed by atoms with Crippen LogP contribution in [0.15, 0.2) is 36.9 Å². The molecule has 2 amide bonds. The standard InChI is InChI=1S/C29H41N3O6/c1-9-28(6,7)22-19(18-13-11-12-14-20(18)30-22)17-21(31-26(35)38-27(3,4)5)24(33)32-16-15-29(8,36)23(32)25(34)37-10-2/h9,11-14,21,23,30,36H,1,10,15-17H2,2-8H3,(H,31,35). The predicted molar refractivity (Wildman–Crippen MR) is 146 cm³/mol. The van der Waals surface area contributed by atoms with E-state index in [1.54, 1.807) is 27.7 Å². The molecule has 1 saturated heterocycles. The Kier molecular flexibility index (Phi) is 8.31. The van der Waals surface area contributed by atoms with Crippen molar-refractivity contribution in [3.63, 3.8) is 0 Å². The van der Waals surface area contributed by atoms with Gasteiger partial charge in [-0.3, -0.25) is 4.79 Å². The molecule has 2 heterocycles. The van der Waals surface area contributed by atoms with Crippen molar-refractivity contribution in [1.29, 1.82) is 0 Å². The van der Waals surface area contributed by atoms with Crippen LogP contribution >= 0.6 is 0 Å². The van der Waals surface area contributed by atoms with E-state index in [0.717, 1.165) is 22.2 Å². The molecule has 0 aliphatic carbocycles. The number of benzene rings is 1. The van der Waals surface area contributed by atoms with Crippen LogP contribution in [-0.4, -0.2) is 69.4 Å². The highest BCUT2D eigenvalue weighted by atomic mass is 16.6. The number of alkyl carbamates (subject to hydrolysis) is 1. The van der Waals surface area contributed by atoms with Crippen LogP contribution in [0, 0.1) is 0 Å². The number of fused-ring (bicyclic) bond motifs is 1. The number of carbonyl (C=O) groups is 3. The number of hydrogen-bond acceptors (Lipinski definition) is 6. The summed E-state index contributed by atoms with van der Waals surface area (Å²) in [5.74, 6) is -1.18. The van der Waals surface area contributed by atoms with Gasteiger partial charge in [0.25, 0.3) is 0 Å². The van der Waals surface area contributed by atoms with Crippen molar-refractivity contribution >= 4 is 28.9 Å². The summed E-state index contributed by atoms with van der Waals surface area (Å²) >= 11 is 0. The second kappa shape index (κ2) is 10.8. The van der Waals surface area contributed by atoms with Crippen LogP contribution in [0.3, 0.4) is 0 Å². The minimum Gasteiger partial charge on any atom is -0.464 e. The molecule has 0 bridgehead atoms. The summed E-state index contributed by atoms with van der Waals surface area (Å²) in [6.07, 6.45) is 1.40. The highest BCUT2D eigenvalue weighted by Crippen LogP contribution is 2.35. The third-order valence-electron chi connectivity index (χ3n) is 6.92. The zero-order chi connectivity index (χ0) is 28.5. The smallest absolute Gasteiger partial charge is 0.408 e. The number of nitrogens with zero attached hydrogens (tertiary/aromatic N) is 1. The van der Waals surface area contributed by atoms with Gasteiger partial charge in [-0.15, -0.1) is 6.58 Å². The first-order valence-electron chi connectivity index (χ1n) is 13.0. The van der Waals surface area contributed by atoms with Gasteiger partial charge in [0.2, 0.25) is 5.91 Å². The van der Waals surface area contributed by atoms with Crippen LogP contribution in [0.4, 0.5) is 4.79 Å². The molecular weight excluding hydrogens is 486 g/mol. The maximum Gasteiger partial charge on any atom is 0.408 e. The fraction of sp³-hybridized carbons (Fsp3) is 0.552. The molecular formula is C29H41N3O6. The lowest BCUT2D eigenvalue weighted by atomic mass is 9.85. The highest BCUT2D eigenvalue weighted by Gasteiger charge is 2.51. The fourth-order valence-electron chi connectivity index (χ4n) is 4.91. The first-order chi connectivity index (χ1) is 17.6. The third-order valence-corrected chi connectivity index (χ3v) is 6.92. The maximum absolute atomic E-state index is 14.1. The zero-order valence-corrected chi connectivity index (χ0v) is 23.5. The molecule has 1 aliphatic rings. The van der Waals surface area contributed by atoms with Crippen LogP contribution in [0.5, 0.6) is 0 Å². The van der Waals surface area contributed by atoms with Crippen LogP contribution < -0.4 is 5.32 Å². The van der Waals surface area contributed by atoms with E-state index in [0.29, 0.717) is 0 Å². The lowest BCUT2D eigenvalue weighted by Gasteiger charge is -2.32. The van der Waals surface area contributed by atoms with Crippen molar-refractivity contribution in [3.05, 3.63) is 48.2 Å². The van der Waals surface area contributed by atoms with Gasteiger partial charge in [0.15, 0.2) is 6.04 Å². The molecule has 0 spiro atoms. The summed E-state index contributed by atoms with van der Waals surface area (Å²) in [6.45, 7) is 16.7. The number of H-pyrrole nitrogens is 1. The summed E-state index contributed by atoms with van der Waals surface area (Å²) in [4.78, 5) is 44.5. The van der Waals surface area contributed by atoms with E-state index in [9.17, 15) is 19.5 Å². The van der Waals surface area contributed by atoms with E-state index in [1.165, 1.54) is 11.8 Å². The summed E-state index contributed by atoms with van der Waals surface area (Å²) in [5.41, 5.74) is -0.0941. The van der Waals surface area contributed by atoms with Crippen molar-refractivity contribution in [3.8, 4) is 0 Å². The minimum absolute atomic E-state index is 0.113. The third kappa shape index (κ3) is 6.20. The molecule has 3 rings (SSSR count). The molecule has 9 nitrogen and oxygen atoms in total. The predicted octanol–water partition coefficient (Wildman–Crippen LogP) is 3.98. The summed E-state index contributed by atoms with van der Waals surface area (Å²) < 4.78 is 10.7. The molecule has 3 unspecified atom stereocenters. The topological polar surface area (TPSA) is 121 Å². The van der Waals surface area contributed by atoms with Crippen LogP contribution in [0.1, 0.15) is 66.1 Å². The number of para-hydroxylation sites is 1. The Morgan fingerprint density at radius 3 is 2.53 bits per heavy atom. The zero-order valence-electron chi connectivity index (χ0n) is 23.5. The number of nitrogens with one attached hydrogen (secondary N) is 2. The molecule has 0 radical (unpaired) electrons. The first kappa shape index (κ1) is 29.2. The minimum atomic E-state index is -1.46. The van der Waals surface area contributed by atoms with Gasteiger partial charge in [-0.2, -0.15) is 0 Å². The molecule has 1 aliphatic heterocycles. The van der Waals surface area contributed by atoms with Crippen molar-refractivity contribution in [2.75, 3.05) is 13.2 Å². The number of aromatic amines is 1. The molecule has 208 valence electrons. The second-order valence-electron chi connectivity index (χ2n) is 11.6. The van der Waals surface area contributed by atoms with Crippen molar-refractivity contribution in [2.24, 2.45) is 0 Å². The Hall–Kier alpha value is -3.33. The number of hydrogen-bond donors (Lipinski definition) is 3. The average molecular weight is 528 g/mol. The monoisotopic (exact) mass is 527 g/mol. The van der Waals surface area contributed by atoms with Gasteiger partial charge in [-0.1, -0.05) is 38.1 Å². The second-order valence-corrected chi connectivity index (χ2v) is 11.6. The largest absolute Gasteiger partial charge is 0.464 e. The van der Waals surface area contributed by atoms with Crippen molar-refractivity contribution < 1.29 is 29.0 Å². The van der Waals surface area contributed by atoms with E-state index >= 15 is 0 Å². The molecule has 0 saturated carbocycles. The Balaban J connectivity index is 2.07. The molecule has 3 N–H and O–H groups in total. The first-order valence-corrected chi connectivity index (χ1v) is 13.0. The molecule has 1 aromatic carbocycles. The average Bonchev–Trinajstić information content (AvgIpc) is 3.34. The van der Waals surface area contributed by atoms with E-state index < -0.39 is 46.7 Å². The highest BCUT2D eigenvalue weighted by molar-refractivity contribution is 5.92. The number of aromatic nitrogens is 1. The number of aliphatic hydroxyl groups is 1. The molecule has 38 heavy (non-hydrogen) atoms. The van der Waals surface area contributed by atoms with Crippen molar-refractivity contribution in [1.82, 2.24) is 15.2 Å². The van der Waals surface area contributed by atoms with Gasteiger partial charge < -0.3 is 29.8 Å². The summed E-state index contributed by atoms with van der Waals surface area (Å²) in [7, 11) is 0. The maximum atomic E-state index is 14.1. The van der Waals surface area contributed by atoms with Gasteiger partial charge in [0.1, 0.15) is 11.6 Å². The van der Waals surface area contributed by atoms with E-state index in [2.05, 4.69) is 16.9 Å². The number of carbonyl (C=O) groups excluding carboxylic acids is 3. The molecule has 2 aromatic rings. The van der Waals surface area contributed by atoms with Crippen LogP contribution in [-0.2, 0) is 30.9 Å². The van der Waals surface area contributed by atoms with Gasteiger partial charge in [0.05, 0.1) is 12.2 Å². The number of ether oxygens (including phenoxy) is 2. The van der Waals surface area contributed by atoms with Crippen LogP contribution in [0.25, 0.3) is 10.9 Å². The Labute approximate surface area is 224 Å². The van der Waals surface area contributed by atoms with Crippen molar-refractivity contribution in [2.45, 2.75) is 90.0 Å². The van der Waals surface area contributed by atoms with E-state index in [1.807, 2.05) is 44.2 Å². The number of allylic oxidation sites excluding steroid dienone is 1.